The molecule has 0 aromatic heterocycles. The lowest BCUT2D eigenvalue weighted by atomic mass is 10.1. The normalized spacial score (nSPS) is 10.2. The Labute approximate surface area is 178 Å². The van der Waals surface area contributed by atoms with Crippen LogP contribution in [-0.2, 0) is 11.3 Å². The van der Waals surface area contributed by atoms with Crippen LogP contribution < -0.4 is 9.47 Å². The van der Waals surface area contributed by atoms with Crippen LogP contribution in [0, 0.1) is 0 Å². The van der Waals surface area contributed by atoms with Crippen molar-refractivity contribution in [1.82, 2.24) is 0 Å². The fourth-order valence-corrected chi connectivity index (χ4v) is 2.67. The van der Waals surface area contributed by atoms with Gasteiger partial charge < -0.3 is 14.3 Å². The first-order valence-electron chi connectivity index (χ1n) is 8.66. The number of ether oxygens (including phenoxy) is 2. The number of rotatable bonds is 12. The molecule has 0 aliphatic carbocycles. The number of oxime groups is 1. The van der Waals surface area contributed by atoms with Gasteiger partial charge in [-0.05, 0) is 89.1 Å². The van der Waals surface area contributed by atoms with Gasteiger partial charge in [0.25, 0.3) is 0 Å². The number of unbranched alkanes of at least 4 members (excludes halogenated alkanes) is 2. The molecule has 1 aromatic rings. The van der Waals surface area contributed by atoms with Crippen LogP contribution in [0.1, 0.15) is 45.6 Å². The molecule has 0 heterocycles. The summed E-state index contributed by atoms with van der Waals surface area (Å²) in [7, 11) is 0. The molecule has 0 fully saturated rings. The lowest BCUT2D eigenvalue weighted by molar-refractivity contribution is 0.138. The van der Waals surface area contributed by atoms with E-state index in [0.717, 1.165) is 51.8 Å². The summed E-state index contributed by atoms with van der Waals surface area (Å²) in [5.41, 5.74) is 1.98. The first-order chi connectivity index (χ1) is 12.4. The minimum atomic E-state index is 0.454. The van der Waals surface area contributed by atoms with Crippen LogP contribution in [-0.4, -0.2) is 25.5 Å². The molecule has 26 heavy (non-hydrogen) atoms. The van der Waals surface area contributed by atoms with Gasteiger partial charge >= 0.3 is 0 Å². The zero-order chi connectivity index (χ0) is 19.4. The molecule has 0 amide bonds. The fraction of sp³-hybridized carbons (Fsp3) is 0.526. The Morgan fingerprint density at radius 1 is 1.12 bits per heavy atom. The van der Waals surface area contributed by atoms with E-state index in [4.69, 9.17) is 25.9 Å². The molecule has 7 heteroatoms. The lowest BCUT2D eigenvalue weighted by Crippen LogP contribution is -2.03. The third-order valence-electron chi connectivity index (χ3n) is 3.34. The van der Waals surface area contributed by atoms with Crippen LogP contribution in [0.25, 0.3) is 0 Å². The van der Waals surface area contributed by atoms with Gasteiger partial charge in [-0.2, -0.15) is 0 Å². The van der Waals surface area contributed by atoms with E-state index in [0.29, 0.717) is 24.8 Å². The zero-order valence-electron chi connectivity index (χ0n) is 15.5. The van der Waals surface area contributed by atoms with E-state index in [9.17, 15) is 0 Å². The highest BCUT2D eigenvalue weighted by atomic mass is 79.9. The molecule has 0 radical (unpaired) electrons. The van der Waals surface area contributed by atoms with Crippen LogP contribution in [0.5, 0.6) is 11.5 Å². The monoisotopic (exact) mass is 509 g/mol. The van der Waals surface area contributed by atoms with Crippen molar-refractivity contribution < 1.29 is 14.3 Å². The van der Waals surface area contributed by atoms with Crippen molar-refractivity contribution in [2.75, 3.05) is 19.8 Å². The highest BCUT2D eigenvalue weighted by Gasteiger charge is 2.11. The van der Waals surface area contributed by atoms with E-state index in [-0.39, 0.29) is 0 Å². The van der Waals surface area contributed by atoms with Crippen LogP contribution in [0.4, 0.5) is 0 Å². The topological polar surface area (TPSA) is 40.0 Å². The van der Waals surface area contributed by atoms with Crippen LogP contribution in [0.15, 0.2) is 26.8 Å². The first kappa shape index (κ1) is 23.3. The number of nitrogens with zero attached hydrogens (tertiary/aromatic N) is 1. The second-order valence-electron chi connectivity index (χ2n) is 5.83. The Morgan fingerprint density at radius 3 is 2.50 bits per heavy atom. The second kappa shape index (κ2) is 13.4. The lowest BCUT2D eigenvalue weighted by Gasteiger charge is -2.14. The van der Waals surface area contributed by atoms with Gasteiger partial charge in [0.1, 0.15) is 24.7 Å². The summed E-state index contributed by atoms with van der Waals surface area (Å²) in [6.45, 7) is 7.62. The second-order valence-corrected chi connectivity index (χ2v) is 9.01. The minimum Gasteiger partial charge on any atom is -0.492 e. The molecule has 0 bridgehead atoms. The van der Waals surface area contributed by atoms with Crippen molar-refractivity contribution >= 4 is 49.2 Å². The molecule has 146 valence electrons. The molecule has 0 unspecified atom stereocenters. The van der Waals surface area contributed by atoms with Crippen molar-refractivity contribution in [3.8, 4) is 11.5 Å². The largest absolute Gasteiger partial charge is 0.492 e. The SMILES string of the molecule is CCc1cc(OCC=C(Br)Br)cc(Cl)c1OCCCCCON=C(C)C. The van der Waals surface area contributed by atoms with Gasteiger partial charge in [-0.25, -0.2) is 0 Å². The summed E-state index contributed by atoms with van der Waals surface area (Å²) in [4.78, 5) is 5.18. The van der Waals surface area contributed by atoms with Crippen LogP contribution >= 0.6 is 43.5 Å². The van der Waals surface area contributed by atoms with Gasteiger partial charge in [-0.1, -0.05) is 23.7 Å². The molecule has 0 aliphatic rings. The molecule has 0 atom stereocenters. The molecule has 4 nitrogen and oxygen atoms in total. The standard InChI is InChI=1S/C19H26Br2ClNO3/c1-4-15-12-16(24-11-8-18(20)21)13-17(22)19(15)25-9-6-5-7-10-26-23-14(2)3/h8,12-13H,4-7,9-11H2,1-3H3. The summed E-state index contributed by atoms with van der Waals surface area (Å²) in [6.07, 6.45) is 5.62. The molecular weight excluding hydrogens is 485 g/mol. The molecule has 0 spiro atoms. The Hall–Kier alpha value is -0.720. The summed E-state index contributed by atoms with van der Waals surface area (Å²) in [5.74, 6) is 1.49. The van der Waals surface area contributed by atoms with E-state index < -0.39 is 0 Å². The van der Waals surface area contributed by atoms with E-state index in [1.54, 1.807) is 6.07 Å². The van der Waals surface area contributed by atoms with Gasteiger partial charge in [-0.15, -0.1) is 0 Å². The van der Waals surface area contributed by atoms with Gasteiger partial charge in [0, 0.05) is 6.07 Å². The number of hydrogen-bond acceptors (Lipinski definition) is 4. The third-order valence-corrected chi connectivity index (χ3v) is 4.26. The molecule has 0 saturated heterocycles. The summed E-state index contributed by atoms with van der Waals surface area (Å²) >= 11 is 13.0. The Balaban J connectivity index is 2.46. The summed E-state index contributed by atoms with van der Waals surface area (Å²) in [6, 6.07) is 3.78. The van der Waals surface area contributed by atoms with E-state index >= 15 is 0 Å². The van der Waals surface area contributed by atoms with Crippen molar-refractivity contribution in [1.29, 1.82) is 0 Å². The average molecular weight is 512 g/mol. The summed E-state index contributed by atoms with van der Waals surface area (Å²) in [5, 5.41) is 4.49. The molecule has 0 N–H and O–H groups in total. The van der Waals surface area contributed by atoms with E-state index in [1.807, 2.05) is 26.0 Å². The predicted molar refractivity (Wildman–Crippen MR) is 116 cm³/mol. The third kappa shape index (κ3) is 9.83. The van der Waals surface area contributed by atoms with Gasteiger partial charge in [-0.3, -0.25) is 0 Å². The maximum absolute atomic E-state index is 6.39. The smallest absolute Gasteiger partial charge is 0.141 e. The molecular formula is C19H26Br2ClNO3. The van der Waals surface area contributed by atoms with Crippen molar-refractivity contribution in [2.24, 2.45) is 5.16 Å². The van der Waals surface area contributed by atoms with Gasteiger partial charge in [0.15, 0.2) is 0 Å². The Bertz CT molecular complexity index is 613. The number of benzene rings is 1. The number of hydrogen-bond donors (Lipinski definition) is 0. The first-order valence-corrected chi connectivity index (χ1v) is 10.6. The predicted octanol–water partition coefficient (Wildman–Crippen LogP) is 6.87. The number of aryl methyl sites for hydroxylation is 1. The maximum atomic E-state index is 6.39. The van der Waals surface area contributed by atoms with E-state index in [2.05, 4.69) is 43.9 Å². The number of halogens is 3. The molecule has 1 rings (SSSR count). The Kier molecular flexibility index (Phi) is 12.1. The van der Waals surface area contributed by atoms with Crippen molar-refractivity contribution in [2.45, 2.75) is 46.5 Å². The highest BCUT2D eigenvalue weighted by molar-refractivity contribution is 9.28. The van der Waals surface area contributed by atoms with Crippen molar-refractivity contribution in [3.63, 3.8) is 0 Å². The molecule has 0 saturated carbocycles. The molecule has 1 aromatic carbocycles. The molecule has 0 aliphatic heterocycles. The summed E-state index contributed by atoms with van der Waals surface area (Å²) < 4.78 is 12.5. The minimum absolute atomic E-state index is 0.454. The van der Waals surface area contributed by atoms with E-state index in [1.165, 1.54) is 0 Å². The zero-order valence-corrected chi connectivity index (χ0v) is 19.4. The highest BCUT2D eigenvalue weighted by Crippen LogP contribution is 2.34. The van der Waals surface area contributed by atoms with Crippen LogP contribution in [0.3, 0.4) is 0 Å². The Morgan fingerprint density at radius 2 is 1.85 bits per heavy atom. The quantitative estimate of drug-likeness (QED) is 0.175. The fourth-order valence-electron chi connectivity index (χ4n) is 2.13. The van der Waals surface area contributed by atoms with Crippen molar-refractivity contribution in [3.05, 3.63) is 32.2 Å². The average Bonchev–Trinajstić information content (AvgIpc) is 2.57. The van der Waals surface area contributed by atoms with Gasteiger partial charge in [0.2, 0.25) is 0 Å². The van der Waals surface area contributed by atoms with Gasteiger partial charge in [0.05, 0.1) is 20.7 Å². The maximum Gasteiger partial charge on any atom is 0.141 e. The van der Waals surface area contributed by atoms with Crippen LogP contribution in [0.2, 0.25) is 5.02 Å².